The lowest BCUT2D eigenvalue weighted by atomic mass is 9.79. The Morgan fingerprint density at radius 2 is 0.891 bits per heavy atom. The van der Waals surface area contributed by atoms with Crippen molar-refractivity contribution in [3.63, 3.8) is 0 Å². The van der Waals surface area contributed by atoms with Gasteiger partial charge in [-0.3, -0.25) is 0 Å². The third-order valence-corrected chi connectivity index (χ3v) is 14.4. The number of nitrogens with zero attached hydrogens (tertiary/aromatic N) is 1. The molecular weight excluding hydrogens is 773 g/mol. The van der Waals surface area contributed by atoms with Gasteiger partial charge < -0.3 is 10.3 Å². The highest BCUT2D eigenvalue weighted by Crippen LogP contribution is 2.56. The van der Waals surface area contributed by atoms with Crippen molar-refractivity contribution in [2.45, 2.75) is 38.5 Å². The van der Waals surface area contributed by atoms with E-state index in [9.17, 15) is 0 Å². The van der Waals surface area contributed by atoms with E-state index in [0.29, 0.717) is 0 Å². The lowest BCUT2D eigenvalue weighted by Crippen LogP contribution is -2.15. The average Bonchev–Trinajstić information content (AvgIpc) is 3.90. The number of aromatic nitrogens is 1. The molecule has 2 N–H and O–H groups in total. The van der Waals surface area contributed by atoms with Gasteiger partial charge in [0.2, 0.25) is 0 Å². The van der Waals surface area contributed by atoms with Gasteiger partial charge in [0.25, 0.3) is 0 Å². The molecule has 2 aliphatic carbocycles. The molecule has 0 unspecified atom stereocenters. The van der Waals surface area contributed by atoms with Crippen molar-refractivity contribution in [2.24, 2.45) is 0 Å². The van der Waals surface area contributed by atoms with E-state index in [-0.39, 0.29) is 10.8 Å². The fourth-order valence-electron chi connectivity index (χ4n) is 11.2. The maximum absolute atomic E-state index is 7.22. The highest BCUT2D eigenvalue weighted by molar-refractivity contribution is 6.03. The predicted molar refractivity (Wildman–Crippen MR) is 270 cm³/mol. The van der Waals surface area contributed by atoms with Crippen LogP contribution in [0.25, 0.3) is 94.6 Å². The quantitative estimate of drug-likeness (QED) is 0.166. The third kappa shape index (κ3) is 5.65. The van der Waals surface area contributed by atoms with Crippen molar-refractivity contribution in [1.82, 2.24) is 4.57 Å². The molecule has 64 heavy (non-hydrogen) atoms. The number of nitrogen functional groups attached to an aromatic ring is 1. The lowest BCUT2D eigenvalue weighted by molar-refractivity contribution is 0.660. The second-order valence-electron chi connectivity index (χ2n) is 18.7. The summed E-state index contributed by atoms with van der Waals surface area (Å²) in [4.78, 5) is 0. The normalized spacial score (nSPS) is 13.9. The molecule has 1 heterocycles. The molecule has 1 aromatic heterocycles. The van der Waals surface area contributed by atoms with Crippen LogP contribution in [0.15, 0.2) is 206 Å². The van der Waals surface area contributed by atoms with E-state index in [1.54, 1.807) is 0 Å². The number of hydrogen-bond acceptors (Lipinski definition) is 1. The Labute approximate surface area is 376 Å². The van der Waals surface area contributed by atoms with Crippen molar-refractivity contribution in [1.29, 1.82) is 0 Å². The minimum atomic E-state index is -0.213. The van der Waals surface area contributed by atoms with E-state index >= 15 is 0 Å². The van der Waals surface area contributed by atoms with Crippen LogP contribution in [0.2, 0.25) is 0 Å². The van der Waals surface area contributed by atoms with E-state index in [4.69, 9.17) is 5.73 Å². The summed E-state index contributed by atoms with van der Waals surface area (Å²) in [6, 6.07) is 75.7. The van der Waals surface area contributed by atoms with Gasteiger partial charge in [0.05, 0.1) is 11.2 Å². The van der Waals surface area contributed by atoms with Crippen LogP contribution in [0.5, 0.6) is 0 Å². The maximum atomic E-state index is 7.22. The van der Waals surface area contributed by atoms with Crippen LogP contribution in [0, 0.1) is 0 Å². The van der Waals surface area contributed by atoms with Crippen LogP contribution in [0.3, 0.4) is 0 Å². The van der Waals surface area contributed by atoms with E-state index < -0.39 is 0 Å². The molecule has 0 fully saturated rings. The Hall–Kier alpha value is -7.68. The summed E-state index contributed by atoms with van der Waals surface area (Å²) in [5.74, 6) is 0. The van der Waals surface area contributed by atoms with Crippen molar-refractivity contribution >= 4 is 16.6 Å². The van der Waals surface area contributed by atoms with Crippen LogP contribution >= 0.6 is 0 Å². The van der Waals surface area contributed by atoms with Crippen LogP contribution in [-0.2, 0) is 10.8 Å². The average molecular weight is 821 g/mol. The second kappa shape index (κ2) is 14.2. The van der Waals surface area contributed by atoms with Crippen LogP contribution in [0.4, 0.5) is 5.69 Å². The van der Waals surface area contributed by atoms with E-state index in [2.05, 4.69) is 239 Å². The summed E-state index contributed by atoms with van der Waals surface area (Å²) in [5.41, 5.74) is 32.2. The first-order chi connectivity index (χ1) is 31.2. The van der Waals surface area contributed by atoms with Gasteiger partial charge in [0, 0.05) is 38.7 Å². The minimum absolute atomic E-state index is 0.142. The Balaban J connectivity index is 1.07. The molecule has 12 rings (SSSR count). The van der Waals surface area contributed by atoms with Crippen LogP contribution < -0.4 is 5.73 Å². The molecule has 0 radical (unpaired) electrons. The Bertz CT molecular complexity index is 3460. The van der Waals surface area contributed by atoms with Gasteiger partial charge in [-0.25, -0.2) is 0 Å². The van der Waals surface area contributed by atoms with Crippen molar-refractivity contribution in [3.8, 4) is 83.7 Å². The van der Waals surface area contributed by atoms with Gasteiger partial charge in [-0.05, 0) is 120 Å². The molecule has 2 heteroatoms. The molecule has 9 aromatic carbocycles. The molecule has 0 aliphatic heterocycles. The molecule has 0 atom stereocenters. The van der Waals surface area contributed by atoms with Crippen LogP contribution in [0.1, 0.15) is 49.9 Å². The summed E-state index contributed by atoms with van der Waals surface area (Å²) in [6.45, 7) is 9.48. The fraction of sp³-hybridized carbons (Fsp3) is 0.0968. The van der Waals surface area contributed by atoms with E-state index in [1.165, 1.54) is 77.8 Å². The van der Waals surface area contributed by atoms with Crippen molar-refractivity contribution < 1.29 is 0 Å². The molecule has 2 aliphatic rings. The number of hydrogen-bond donors (Lipinski definition) is 1. The zero-order chi connectivity index (χ0) is 43.3. The van der Waals surface area contributed by atoms with Gasteiger partial charge in [-0.1, -0.05) is 198 Å². The first-order valence-electron chi connectivity index (χ1n) is 22.5. The van der Waals surface area contributed by atoms with Crippen LogP contribution in [-0.4, -0.2) is 4.57 Å². The Morgan fingerprint density at radius 3 is 1.61 bits per heavy atom. The zero-order valence-corrected chi connectivity index (χ0v) is 36.7. The number of fused-ring (bicyclic) bond motifs is 8. The fourth-order valence-corrected chi connectivity index (χ4v) is 11.2. The molecule has 306 valence electrons. The van der Waals surface area contributed by atoms with Gasteiger partial charge in [0.15, 0.2) is 0 Å². The summed E-state index contributed by atoms with van der Waals surface area (Å²) in [6.07, 6.45) is 0. The van der Waals surface area contributed by atoms with E-state index in [0.717, 1.165) is 44.8 Å². The Kier molecular flexibility index (Phi) is 8.42. The monoisotopic (exact) mass is 820 g/mol. The van der Waals surface area contributed by atoms with Gasteiger partial charge in [-0.15, -0.1) is 0 Å². The number of para-hydroxylation sites is 1. The third-order valence-electron chi connectivity index (χ3n) is 14.4. The van der Waals surface area contributed by atoms with Gasteiger partial charge in [-0.2, -0.15) is 0 Å². The summed E-state index contributed by atoms with van der Waals surface area (Å²) < 4.78 is 2.50. The maximum Gasteiger partial charge on any atom is 0.0585 e. The predicted octanol–water partition coefficient (Wildman–Crippen LogP) is 16.2. The minimum Gasteiger partial charge on any atom is -0.398 e. The smallest absolute Gasteiger partial charge is 0.0585 e. The first kappa shape index (κ1) is 38.0. The highest BCUT2D eigenvalue weighted by Gasteiger charge is 2.41. The summed E-state index contributed by atoms with van der Waals surface area (Å²) in [5, 5.41) is 1.29. The molecule has 10 aromatic rings. The van der Waals surface area contributed by atoms with Crippen molar-refractivity contribution in [3.05, 3.63) is 229 Å². The first-order valence-corrected chi connectivity index (χ1v) is 22.5. The second-order valence-corrected chi connectivity index (χ2v) is 18.7. The molecule has 0 bridgehead atoms. The molecule has 0 saturated carbocycles. The number of nitrogens with two attached hydrogens (primary N) is 1. The lowest BCUT2D eigenvalue weighted by Gasteiger charge is -2.24. The number of benzene rings is 9. The number of rotatable bonds is 6. The topological polar surface area (TPSA) is 30.9 Å². The molecule has 0 amide bonds. The SMILES string of the molecule is CC1(C)c2ccccc2-c2ccc(-c3c(N)ccc(-c4ccc5c(c4)-c4c(c6ccccc6n4-c4ccc(-c6ccccc6)cc4)C5(C)C)c3-c3ccc(-c4ccccc4)cc3)cc21. The van der Waals surface area contributed by atoms with Gasteiger partial charge >= 0.3 is 0 Å². The summed E-state index contributed by atoms with van der Waals surface area (Å²) in [7, 11) is 0. The van der Waals surface area contributed by atoms with Gasteiger partial charge in [0.1, 0.15) is 0 Å². The molecular formula is C62H48N2. The standard InChI is InChI=1S/C62H48N2/c1-61(2)52-21-13-11-19-48(52)49-33-29-45(38-54(49)61)58-55(63)36-34-47(57(58)43-25-23-41(24-26-43)39-15-7-5-8-16-39)44-30-35-53-51(37-44)60-59(62(53,3)4)50-20-12-14-22-56(50)64(60)46-31-27-42(28-32-46)40-17-9-6-10-18-40/h5-38H,63H2,1-4H3. The molecule has 2 nitrogen and oxygen atoms in total. The zero-order valence-electron chi connectivity index (χ0n) is 36.7. The largest absolute Gasteiger partial charge is 0.398 e. The Morgan fingerprint density at radius 1 is 0.359 bits per heavy atom. The summed E-state index contributed by atoms with van der Waals surface area (Å²) >= 11 is 0. The highest BCUT2D eigenvalue weighted by atomic mass is 15.0. The van der Waals surface area contributed by atoms with Crippen molar-refractivity contribution in [2.75, 3.05) is 5.73 Å². The number of anilines is 1. The molecule has 0 spiro atoms. The van der Waals surface area contributed by atoms with E-state index in [1.807, 2.05) is 0 Å². The molecule has 0 saturated heterocycles.